The van der Waals surface area contributed by atoms with Crippen LogP contribution in [0.15, 0.2) is 18.2 Å². The summed E-state index contributed by atoms with van der Waals surface area (Å²) in [5.74, 6) is -1.82. The van der Waals surface area contributed by atoms with Crippen LogP contribution in [0.3, 0.4) is 0 Å². The fraction of sp³-hybridized carbons (Fsp3) is 0.600. The Labute approximate surface area is 161 Å². The van der Waals surface area contributed by atoms with E-state index in [0.717, 1.165) is 29.7 Å². The van der Waals surface area contributed by atoms with Gasteiger partial charge in [-0.3, -0.25) is 9.69 Å². The van der Waals surface area contributed by atoms with E-state index in [1.807, 2.05) is 18.2 Å². The number of halogens is 3. The molecule has 8 heteroatoms. The van der Waals surface area contributed by atoms with Gasteiger partial charge in [-0.15, -0.1) is 0 Å². The highest BCUT2D eigenvalue weighted by Gasteiger charge is 2.50. The van der Waals surface area contributed by atoms with Gasteiger partial charge in [0.2, 0.25) is 0 Å². The van der Waals surface area contributed by atoms with Crippen molar-refractivity contribution in [3.63, 3.8) is 0 Å². The number of urea groups is 1. The molecule has 3 aliphatic rings. The zero-order valence-corrected chi connectivity index (χ0v) is 15.8. The number of piperidine rings is 1. The minimum absolute atomic E-state index is 0.0903. The number of aryl methyl sites for hydroxylation is 2. The van der Waals surface area contributed by atoms with Crippen molar-refractivity contribution >= 4 is 11.9 Å². The molecule has 2 heterocycles. The molecule has 152 valence electrons. The van der Waals surface area contributed by atoms with Crippen molar-refractivity contribution in [2.45, 2.75) is 50.7 Å². The first-order valence-corrected chi connectivity index (χ1v) is 9.74. The van der Waals surface area contributed by atoms with E-state index in [-0.39, 0.29) is 19.6 Å². The molecule has 2 saturated heterocycles. The lowest BCUT2D eigenvalue weighted by molar-refractivity contribution is -0.187. The molecule has 2 fully saturated rings. The largest absolute Gasteiger partial charge is 0.393 e. The fourth-order valence-electron chi connectivity index (χ4n) is 4.56. The lowest BCUT2D eigenvalue weighted by atomic mass is 9.90. The topological polar surface area (TPSA) is 52.7 Å². The van der Waals surface area contributed by atoms with Crippen molar-refractivity contribution in [1.29, 1.82) is 0 Å². The van der Waals surface area contributed by atoms with Crippen LogP contribution in [-0.2, 0) is 23.2 Å². The van der Waals surface area contributed by atoms with Gasteiger partial charge in [0.1, 0.15) is 5.54 Å². The number of imide groups is 1. The Balaban J connectivity index is 1.51. The molecule has 0 radical (unpaired) electrons. The predicted molar refractivity (Wildman–Crippen MR) is 96.4 cm³/mol. The van der Waals surface area contributed by atoms with Crippen molar-refractivity contribution in [3.8, 4) is 0 Å². The number of likely N-dealkylation sites (tertiary alicyclic amines) is 1. The summed E-state index contributed by atoms with van der Waals surface area (Å²) in [5, 5.41) is 2.76. The van der Waals surface area contributed by atoms with Gasteiger partial charge in [0.15, 0.2) is 0 Å². The number of hydrogen-bond donors (Lipinski definition) is 1. The Bertz CT molecular complexity index is 810. The van der Waals surface area contributed by atoms with Crippen molar-refractivity contribution in [3.05, 3.63) is 34.9 Å². The molecule has 1 aromatic carbocycles. The first-order chi connectivity index (χ1) is 13.2. The highest BCUT2D eigenvalue weighted by atomic mass is 19.4. The number of hydrogen-bond acceptors (Lipinski definition) is 3. The van der Waals surface area contributed by atoms with Crippen LogP contribution in [0.25, 0.3) is 0 Å². The molecule has 2 atom stereocenters. The molecular formula is C20H24F3N3O2. The van der Waals surface area contributed by atoms with E-state index in [1.54, 1.807) is 11.8 Å². The van der Waals surface area contributed by atoms with E-state index in [0.29, 0.717) is 13.0 Å². The molecule has 1 aromatic rings. The second kappa shape index (κ2) is 6.76. The van der Waals surface area contributed by atoms with Crippen LogP contribution < -0.4 is 5.32 Å². The van der Waals surface area contributed by atoms with Gasteiger partial charge in [0, 0.05) is 6.54 Å². The molecule has 0 spiro atoms. The van der Waals surface area contributed by atoms with Crippen LogP contribution >= 0.6 is 0 Å². The summed E-state index contributed by atoms with van der Waals surface area (Å²) in [6.07, 6.45) is -0.707. The smallest absolute Gasteiger partial charge is 0.319 e. The molecular weight excluding hydrogens is 371 g/mol. The van der Waals surface area contributed by atoms with Gasteiger partial charge >= 0.3 is 12.2 Å². The zero-order valence-electron chi connectivity index (χ0n) is 15.8. The van der Waals surface area contributed by atoms with Crippen LogP contribution in [0.2, 0.25) is 0 Å². The molecule has 0 unspecified atom stereocenters. The number of carbonyl (C=O) groups excluding carboxylic acids is 2. The van der Waals surface area contributed by atoms with Gasteiger partial charge in [-0.05, 0) is 62.3 Å². The minimum Gasteiger partial charge on any atom is -0.319 e. The van der Waals surface area contributed by atoms with E-state index in [2.05, 4.69) is 5.32 Å². The summed E-state index contributed by atoms with van der Waals surface area (Å²) in [5.41, 5.74) is 2.00. The van der Waals surface area contributed by atoms with E-state index in [9.17, 15) is 22.8 Å². The molecule has 3 amide bonds. The van der Waals surface area contributed by atoms with Crippen molar-refractivity contribution in [1.82, 2.24) is 15.1 Å². The van der Waals surface area contributed by atoms with Crippen LogP contribution in [0.5, 0.6) is 0 Å². The van der Waals surface area contributed by atoms with Crippen LogP contribution in [-0.4, -0.2) is 47.7 Å². The molecule has 28 heavy (non-hydrogen) atoms. The maximum Gasteiger partial charge on any atom is 0.393 e. The molecule has 1 aliphatic carbocycles. The monoisotopic (exact) mass is 395 g/mol. The lowest BCUT2D eigenvalue weighted by Gasteiger charge is -2.35. The van der Waals surface area contributed by atoms with Gasteiger partial charge in [-0.25, -0.2) is 9.69 Å². The van der Waals surface area contributed by atoms with Gasteiger partial charge in [0.25, 0.3) is 5.91 Å². The number of carbonyl (C=O) groups is 2. The highest BCUT2D eigenvalue weighted by Crippen LogP contribution is 2.35. The summed E-state index contributed by atoms with van der Waals surface area (Å²) in [6, 6.07) is 5.29. The van der Waals surface area contributed by atoms with Gasteiger partial charge < -0.3 is 5.32 Å². The third-order valence-corrected chi connectivity index (χ3v) is 6.26. The third-order valence-electron chi connectivity index (χ3n) is 6.26. The Morgan fingerprint density at radius 1 is 1.18 bits per heavy atom. The molecule has 4 rings (SSSR count). The number of fused-ring (bicyclic) bond motifs is 1. The molecule has 0 bridgehead atoms. The Morgan fingerprint density at radius 3 is 2.68 bits per heavy atom. The van der Waals surface area contributed by atoms with E-state index >= 15 is 0 Å². The van der Waals surface area contributed by atoms with E-state index < -0.39 is 29.6 Å². The van der Waals surface area contributed by atoms with E-state index in [1.165, 1.54) is 11.1 Å². The summed E-state index contributed by atoms with van der Waals surface area (Å²) in [6.45, 7) is 1.81. The average molecular weight is 395 g/mol. The fourth-order valence-corrected chi connectivity index (χ4v) is 4.56. The van der Waals surface area contributed by atoms with Gasteiger partial charge in [-0.1, -0.05) is 18.2 Å². The molecule has 1 N–H and O–H groups in total. The summed E-state index contributed by atoms with van der Waals surface area (Å²) < 4.78 is 39.1. The first-order valence-electron chi connectivity index (χ1n) is 9.74. The summed E-state index contributed by atoms with van der Waals surface area (Å²) in [7, 11) is 0. The third kappa shape index (κ3) is 3.27. The second-order valence-electron chi connectivity index (χ2n) is 8.22. The maximum absolute atomic E-state index is 13.1. The first kappa shape index (κ1) is 19.2. The maximum atomic E-state index is 13.1. The Hall–Kier alpha value is -2.09. The van der Waals surface area contributed by atoms with Crippen LogP contribution in [0, 0.1) is 5.92 Å². The molecule has 5 nitrogen and oxygen atoms in total. The second-order valence-corrected chi connectivity index (χ2v) is 8.22. The minimum atomic E-state index is -4.26. The van der Waals surface area contributed by atoms with Crippen LogP contribution in [0.1, 0.15) is 42.9 Å². The number of amides is 3. The van der Waals surface area contributed by atoms with Crippen molar-refractivity contribution < 1.29 is 22.8 Å². The van der Waals surface area contributed by atoms with E-state index in [4.69, 9.17) is 0 Å². The number of alkyl halides is 3. The molecule has 2 aliphatic heterocycles. The number of benzene rings is 1. The molecule has 0 saturated carbocycles. The standard InChI is InChI=1S/C20H24F3N3O2/c1-19(15-8-7-13-4-2-5-14(13)10-15)17(27)26(18(28)24-19)12-25-9-3-6-16(11-25)20(21,22)23/h7-8,10,16H,2-6,9,11-12H2,1H3,(H,24,28)/t16-,19-/m1/s1. The van der Waals surface area contributed by atoms with Crippen molar-refractivity contribution in [2.24, 2.45) is 5.92 Å². The normalized spacial score (nSPS) is 28.6. The number of nitrogens with one attached hydrogen (secondary N) is 1. The van der Waals surface area contributed by atoms with Crippen LogP contribution in [0.4, 0.5) is 18.0 Å². The summed E-state index contributed by atoms with van der Waals surface area (Å²) >= 11 is 0. The highest BCUT2D eigenvalue weighted by molar-refractivity contribution is 6.07. The molecule has 0 aromatic heterocycles. The summed E-state index contributed by atoms with van der Waals surface area (Å²) in [4.78, 5) is 28.2. The Morgan fingerprint density at radius 2 is 1.93 bits per heavy atom. The number of nitrogens with zero attached hydrogens (tertiary/aromatic N) is 2. The quantitative estimate of drug-likeness (QED) is 0.800. The number of rotatable bonds is 3. The SMILES string of the molecule is C[C@]1(c2ccc3c(c2)CCC3)NC(=O)N(CN2CCC[C@@H](C(F)(F)F)C2)C1=O. The predicted octanol–water partition coefficient (Wildman–Crippen LogP) is 3.17. The average Bonchev–Trinajstić information content (AvgIpc) is 3.20. The zero-order chi connectivity index (χ0) is 20.1. The van der Waals surface area contributed by atoms with Gasteiger partial charge in [0.05, 0.1) is 12.6 Å². The van der Waals surface area contributed by atoms with Gasteiger partial charge in [-0.2, -0.15) is 13.2 Å². The van der Waals surface area contributed by atoms with Crippen molar-refractivity contribution in [2.75, 3.05) is 19.8 Å². The lowest BCUT2D eigenvalue weighted by Crippen LogP contribution is -2.49. The Kier molecular flexibility index (Phi) is 4.64.